The Balaban J connectivity index is 2.03. The molecule has 6 nitrogen and oxygen atoms in total. The summed E-state index contributed by atoms with van der Waals surface area (Å²) < 4.78 is 10.5. The molecule has 7 heteroatoms. The Hall–Kier alpha value is -2.15. The SMILES string of the molecule is CCOC(=O)c1cccc2c1OB(O)[C@@H](CC(=O)CCCC(C)=O)C2. The number of esters is 1. The summed E-state index contributed by atoms with van der Waals surface area (Å²) >= 11 is 0. The minimum atomic E-state index is -1.15. The third kappa shape index (κ3) is 5.16. The quantitative estimate of drug-likeness (QED) is 0.574. The standard InChI is InChI=1S/C18H23BO6/c1-3-24-18(22)16-9-5-7-13-10-14(19(23)25-17(13)16)11-15(21)8-4-6-12(2)20/h5,7,9,14,23H,3-4,6,8,10-11H2,1-2H3/t14-/m1/s1. The summed E-state index contributed by atoms with van der Waals surface area (Å²) in [4.78, 5) is 35.0. The van der Waals surface area contributed by atoms with E-state index < -0.39 is 13.1 Å². The molecular weight excluding hydrogens is 323 g/mol. The van der Waals surface area contributed by atoms with Crippen LogP contribution < -0.4 is 4.65 Å². The molecule has 0 radical (unpaired) electrons. The van der Waals surface area contributed by atoms with Crippen LogP contribution >= 0.6 is 0 Å². The van der Waals surface area contributed by atoms with E-state index in [9.17, 15) is 19.4 Å². The van der Waals surface area contributed by atoms with Crippen LogP contribution in [0.4, 0.5) is 0 Å². The number of hydrogen-bond donors (Lipinski definition) is 1. The van der Waals surface area contributed by atoms with Crippen LogP contribution in [0.15, 0.2) is 18.2 Å². The summed E-state index contributed by atoms with van der Waals surface area (Å²) in [7, 11) is -1.15. The molecule has 0 aromatic heterocycles. The zero-order chi connectivity index (χ0) is 18.4. The molecule has 1 aliphatic rings. The fourth-order valence-corrected chi connectivity index (χ4v) is 2.96. The van der Waals surface area contributed by atoms with E-state index in [1.807, 2.05) is 6.07 Å². The maximum Gasteiger partial charge on any atom is 0.526 e. The van der Waals surface area contributed by atoms with Crippen molar-refractivity contribution in [2.75, 3.05) is 6.61 Å². The van der Waals surface area contributed by atoms with Crippen molar-refractivity contribution in [2.45, 2.75) is 51.8 Å². The molecule has 0 aliphatic carbocycles. The Morgan fingerprint density at radius 2 is 2.08 bits per heavy atom. The first-order chi connectivity index (χ1) is 11.9. The Morgan fingerprint density at radius 3 is 2.76 bits per heavy atom. The van der Waals surface area contributed by atoms with Gasteiger partial charge in [-0.1, -0.05) is 12.1 Å². The zero-order valence-corrected chi connectivity index (χ0v) is 14.6. The molecule has 134 valence electrons. The van der Waals surface area contributed by atoms with Gasteiger partial charge in [-0.25, -0.2) is 4.79 Å². The molecule has 0 saturated heterocycles. The number of benzene rings is 1. The molecule has 2 rings (SSSR count). The lowest BCUT2D eigenvalue weighted by Gasteiger charge is -2.28. The van der Waals surface area contributed by atoms with Crippen LogP contribution in [0, 0.1) is 0 Å². The minimum absolute atomic E-state index is 0.00102. The molecule has 1 N–H and O–H groups in total. The predicted octanol–water partition coefficient (Wildman–Crippen LogP) is 2.37. The number of carbonyl (C=O) groups is 3. The van der Waals surface area contributed by atoms with Gasteiger partial charge in [0, 0.05) is 25.1 Å². The molecule has 0 unspecified atom stereocenters. The van der Waals surface area contributed by atoms with Gasteiger partial charge in [-0.3, -0.25) is 4.79 Å². The number of ketones is 2. The first kappa shape index (κ1) is 19.2. The summed E-state index contributed by atoms with van der Waals surface area (Å²) in [6.07, 6.45) is 1.87. The lowest BCUT2D eigenvalue weighted by molar-refractivity contribution is -0.119. The van der Waals surface area contributed by atoms with Crippen LogP contribution in [0.2, 0.25) is 5.82 Å². The van der Waals surface area contributed by atoms with E-state index in [2.05, 4.69) is 0 Å². The summed E-state index contributed by atoms with van der Waals surface area (Å²) in [5.74, 6) is -0.470. The highest BCUT2D eigenvalue weighted by molar-refractivity contribution is 6.47. The molecule has 1 aromatic rings. The third-order valence-corrected chi connectivity index (χ3v) is 4.19. The van der Waals surface area contributed by atoms with Crippen molar-refractivity contribution in [1.82, 2.24) is 0 Å². The van der Waals surface area contributed by atoms with E-state index >= 15 is 0 Å². The van der Waals surface area contributed by atoms with Crippen LogP contribution in [0.3, 0.4) is 0 Å². The smallest absolute Gasteiger partial charge is 0.526 e. The Bertz CT molecular complexity index is 657. The van der Waals surface area contributed by atoms with Crippen LogP contribution in [0.5, 0.6) is 5.75 Å². The number of ether oxygens (including phenoxy) is 1. The molecule has 0 bridgehead atoms. The van der Waals surface area contributed by atoms with Gasteiger partial charge in [-0.15, -0.1) is 0 Å². The van der Waals surface area contributed by atoms with Crippen molar-refractivity contribution >= 4 is 24.7 Å². The molecule has 1 heterocycles. The van der Waals surface area contributed by atoms with E-state index in [0.29, 0.717) is 31.4 Å². The number of para-hydroxylation sites is 1. The Labute approximate surface area is 147 Å². The minimum Gasteiger partial charge on any atom is -0.535 e. The Morgan fingerprint density at radius 1 is 1.32 bits per heavy atom. The highest BCUT2D eigenvalue weighted by Gasteiger charge is 2.37. The second kappa shape index (κ2) is 8.81. The van der Waals surface area contributed by atoms with Crippen LogP contribution in [0.1, 0.15) is 55.5 Å². The topological polar surface area (TPSA) is 89.9 Å². The van der Waals surface area contributed by atoms with Crippen LogP contribution in [-0.4, -0.2) is 36.3 Å². The van der Waals surface area contributed by atoms with Crippen LogP contribution in [-0.2, 0) is 20.7 Å². The van der Waals surface area contributed by atoms with Crippen molar-refractivity contribution in [3.05, 3.63) is 29.3 Å². The van der Waals surface area contributed by atoms with Crippen molar-refractivity contribution in [2.24, 2.45) is 0 Å². The van der Waals surface area contributed by atoms with Crippen molar-refractivity contribution in [3.8, 4) is 5.75 Å². The fourth-order valence-electron chi connectivity index (χ4n) is 2.96. The first-order valence-electron chi connectivity index (χ1n) is 8.57. The van der Waals surface area contributed by atoms with E-state index in [0.717, 1.165) is 5.56 Å². The van der Waals surface area contributed by atoms with Gasteiger partial charge < -0.3 is 19.2 Å². The van der Waals surface area contributed by atoms with Gasteiger partial charge in [0.15, 0.2) is 0 Å². The largest absolute Gasteiger partial charge is 0.535 e. The average Bonchev–Trinajstić information content (AvgIpc) is 2.55. The van der Waals surface area contributed by atoms with E-state index in [-0.39, 0.29) is 36.0 Å². The van der Waals surface area contributed by atoms with Gasteiger partial charge in [0.05, 0.1) is 6.61 Å². The first-order valence-corrected chi connectivity index (χ1v) is 8.57. The molecule has 0 saturated carbocycles. The number of hydrogen-bond acceptors (Lipinski definition) is 6. The molecule has 0 spiro atoms. The van der Waals surface area contributed by atoms with Gasteiger partial charge in [-0.05, 0) is 38.3 Å². The molecule has 1 aromatic carbocycles. The Kier molecular flexibility index (Phi) is 6.76. The highest BCUT2D eigenvalue weighted by atomic mass is 16.5. The number of rotatable bonds is 8. The molecule has 0 amide bonds. The normalized spacial score (nSPS) is 16.0. The van der Waals surface area contributed by atoms with Gasteiger partial charge >= 0.3 is 13.1 Å². The molecule has 0 fully saturated rings. The summed E-state index contributed by atoms with van der Waals surface area (Å²) in [6, 6.07) is 5.14. The maximum atomic E-state index is 12.1. The average molecular weight is 346 g/mol. The van der Waals surface area contributed by atoms with Crippen molar-refractivity contribution in [1.29, 1.82) is 0 Å². The van der Waals surface area contributed by atoms with Gasteiger partial charge in [-0.2, -0.15) is 0 Å². The second-order valence-electron chi connectivity index (χ2n) is 6.29. The highest BCUT2D eigenvalue weighted by Crippen LogP contribution is 2.36. The third-order valence-electron chi connectivity index (χ3n) is 4.19. The number of fused-ring (bicyclic) bond motifs is 1. The van der Waals surface area contributed by atoms with E-state index in [1.54, 1.807) is 19.1 Å². The number of carbonyl (C=O) groups excluding carboxylic acids is 3. The molecule has 25 heavy (non-hydrogen) atoms. The van der Waals surface area contributed by atoms with Gasteiger partial charge in [0.25, 0.3) is 0 Å². The van der Waals surface area contributed by atoms with Crippen molar-refractivity contribution < 1.29 is 28.8 Å². The van der Waals surface area contributed by atoms with Crippen molar-refractivity contribution in [3.63, 3.8) is 0 Å². The molecular formula is C18H23BO6. The maximum absolute atomic E-state index is 12.1. The summed E-state index contributed by atoms with van der Waals surface area (Å²) in [5.41, 5.74) is 1.06. The second-order valence-corrected chi connectivity index (χ2v) is 6.29. The lowest BCUT2D eigenvalue weighted by atomic mass is 9.64. The van der Waals surface area contributed by atoms with E-state index in [1.165, 1.54) is 6.92 Å². The summed E-state index contributed by atoms with van der Waals surface area (Å²) in [5, 5.41) is 10.2. The zero-order valence-electron chi connectivity index (χ0n) is 14.6. The van der Waals surface area contributed by atoms with E-state index in [4.69, 9.17) is 9.39 Å². The molecule has 1 aliphatic heterocycles. The van der Waals surface area contributed by atoms with Crippen LogP contribution in [0.25, 0.3) is 0 Å². The summed E-state index contributed by atoms with van der Waals surface area (Å²) in [6.45, 7) is 3.47. The fraction of sp³-hybridized carbons (Fsp3) is 0.500. The van der Waals surface area contributed by atoms with Gasteiger partial charge in [0.1, 0.15) is 22.9 Å². The molecule has 1 atom stereocenters. The lowest BCUT2D eigenvalue weighted by Crippen LogP contribution is -2.36. The van der Waals surface area contributed by atoms with Gasteiger partial charge in [0.2, 0.25) is 0 Å². The monoisotopic (exact) mass is 346 g/mol. The number of Topliss-reactive ketones (excluding diaryl/α,β-unsaturated/α-hetero) is 2. The predicted molar refractivity (Wildman–Crippen MR) is 92.6 cm³/mol.